The number of nitrogens with one attached hydrogen (secondary N) is 1. The Balaban J connectivity index is 1.45. The van der Waals surface area contributed by atoms with Gasteiger partial charge in [0, 0.05) is 44.8 Å². The van der Waals surface area contributed by atoms with Crippen molar-refractivity contribution < 1.29 is 13.6 Å². The molecule has 3 rings (SSSR count). The Morgan fingerprint density at radius 1 is 1.04 bits per heavy atom. The normalized spacial score (nSPS) is 14.4. The van der Waals surface area contributed by atoms with Crippen molar-refractivity contribution in [2.75, 3.05) is 42.9 Å². The highest BCUT2D eigenvalue weighted by atomic mass is 35.5. The minimum atomic E-state index is -0.471. The first-order valence-electron chi connectivity index (χ1n) is 8.51. The molecule has 7 heteroatoms. The first-order chi connectivity index (χ1) is 12.5. The molecule has 138 valence electrons. The number of benzene rings is 2. The van der Waals surface area contributed by atoms with Gasteiger partial charge in [0.2, 0.25) is 5.91 Å². The van der Waals surface area contributed by atoms with Gasteiger partial charge >= 0.3 is 0 Å². The molecule has 1 N–H and O–H groups in total. The zero-order chi connectivity index (χ0) is 18.5. The van der Waals surface area contributed by atoms with Crippen LogP contribution in [0.2, 0.25) is 5.02 Å². The number of carbonyl (C=O) groups excluding carboxylic acids is 1. The van der Waals surface area contributed by atoms with Gasteiger partial charge in [-0.3, -0.25) is 4.79 Å². The third kappa shape index (κ3) is 4.43. The summed E-state index contributed by atoms with van der Waals surface area (Å²) in [5.41, 5.74) is 1.25. The fraction of sp³-hybridized carbons (Fsp3) is 0.316. The molecule has 1 amide bonds. The second kappa shape index (κ2) is 8.36. The number of halogens is 3. The highest BCUT2D eigenvalue weighted by Crippen LogP contribution is 2.21. The van der Waals surface area contributed by atoms with Gasteiger partial charge in [0.1, 0.15) is 11.6 Å². The quantitative estimate of drug-likeness (QED) is 0.859. The number of carbonyl (C=O) groups is 1. The SMILES string of the molecule is O=C(CCNc1ccc(F)c(Cl)c1)N1CCN(c2ccccc2F)CC1. The average Bonchev–Trinajstić information content (AvgIpc) is 2.65. The molecule has 0 saturated carbocycles. The summed E-state index contributed by atoms with van der Waals surface area (Å²) in [6, 6.07) is 11.0. The molecule has 1 saturated heterocycles. The summed E-state index contributed by atoms with van der Waals surface area (Å²) in [5.74, 6) is -0.672. The van der Waals surface area contributed by atoms with E-state index in [1.807, 2.05) is 11.0 Å². The van der Waals surface area contributed by atoms with Crippen molar-refractivity contribution >= 4 is 28.9 Å². The second-order valence-corrected chi connectivity index (χ2v) is 6.53. The molecule has 1 aliphatic rings. The summed E-state index contributed by atoms with van der Waals surface area (Å²) in [6.07, 6.45) is 0.328. The molecule has 0 aromatic heterocycles. The topological polar surface area (TPSA) is 35.6 Å². The Kier molecular flexibility index (Phi) is 5.93. The molecule has 26 heavy (non-hydrogen) atoms. The maximum Gasteiger partial charge on any atom is 0.224 e. The molecule has 2 aromatic carbocycles. The van der Waals surface area contributed by atoms with Crippen LogP contribution in [0, 0.1) is 11.6 Å². The Morgan fingerprint density at radius 3 is 2.46 bits per heavy atom. The highest BCUT2D eigenvalue weighted by Gasteiger charge is 2.22. The number of hydrogen-bond acceptors (Lipinski definition) is 3. The Hall–Kier alpha value is -2.34. The lowest BCUT2D eigenvalue weighted by atomic mass is 10.2. The van der Waals surface area contributed by atoms with Crippen LogP contribution >= 0.6 is 11.6 Å². The van der Waals surface area contributed by atoms with Crippen LogP contribution in [-0.4, -0.2) is 43.5 Å². The van der Waals surface area contributed by atoms with E-state index in [9.17, 15) is 13.6 Å². The minimum absolute atomic E-state index is 0.0406. The molecule has 0 aliphatic carbocycles. The van der Waals surface area contributed by atoms with E-state index < -0.39 is 5.82 Å². The molecule has 0 atom stereocenters. The number of anilines is 2. The maximum atomic E-state index is 13.8. The van der Waals surface area contributed by atoms with E-state index in [1.165, 1.54) is 18.2 Å². The van der Waals surface area contributed by atoms with E-state index in [4.69, 9.17) is 11.6 Å². The van der Waals surface area contributed by atoms with Crippen molar-refractivity contribution in [1.82, 2.24) is 4.90 Å². The first kappa shape index (κ1) is 18.5. The van der Waals surface area contributed by atoms with Crippen LogP contribution in [0.1, 0.15) is 6.42 Å². The van der Waals surface area contributed by atoms with Gasteiger partial charge < -0.3 is 15.1 Å². The lowest BCUT2D eigenvalue weighted by Gasteiger charge is -2.36. The van der Waals surface area contributed by atoms with Crippen molar-refractivity contribution in [3.05, 3.63) is 59.1 Å². The lowest BCUT2D eigenvalue weighted by Crippen LogP contribution is -2.49. The molecular formula is C19H20ClF2N3O. The summed E-state index contributed by atoms with van der Waals surface area (Å²) >= 11 is 5.73. The predicted octanol–water partition coefficient (Wildman–Crippen LogP) is 3.77. The lowest BCUT2D eigenvalue weighted by molar-refractivity contribution is -0.131. The van der Waals surface area contributed by atoms with Gasteiger partial charge in [-0.1, -0.05) is 23.7 Å². The van der Waals surface area contributed by atoms with Crippen LogP contribution in [0.4, 0.5) is 20.2 Å². The number of piperazine rings is 1. The van der Waals surface area contributed by atoms with E-state index in [-0.39, 0.29) is 16.7 Å². The molecule has 0 spiro atoms. The molecule has 1 aliphatic heterocycles. The van der Waals surface area contributed by atoms with Gasteiger partial charge in [-0.25, -0.2) is 8.78 Å². The average molecular weight is 380 g/mol. The summed E-state index contributed by atoms with van der Waals surface area (Å²) in [6.45, 7) is 2.78. The van der Waals surface area contributed by atoms with Crippen LogP contribution < -0.4 is 10.2 Å². The van der Waals surface area contributed by atoms with Gasteiger partial charge in [0.05, 0.1) is 10.7 Å². The van der Waals surface area contributed by atoms with Gasteiger partial charge in [0.25, 0.3) is 0 Å². The van der Waals surface area contributed by atoms with Gasteiger partial charge in [-0.15, -0.1) is 0 Å². The molecule has 0 radical (unpaired) electrons. The summed E-state index contributed by atoms with van der Waals surface area (Å²) in [5, 5.41) is 3.11. The van der Waals surface area contributed by atoms with E-state index in [0.29, 0.717) is 50.5 Å². The van der Waals surface area contributed by atoms with Gasteiger partial charge in [-0.2, -0.15) is 0 Å². The fourth-order valence-corrected chi connectivity index (χ4v) is 3.16. The largest absolute Gasteiger partial charge is 0.384 e. The number of rotatable bonds is 5. The molecule has 1 fully saturated rings. The van der Waals surface area contributed by atoms with Crippen molar-refractivity contribution in [2.24, 2.45) is 0 Å². The molecular weight excluding hydrogens is 360 g/mol. The smallest absolute Gasteiger partial charge is 0.224 e. The van der Waals surface area contributed by atoms with Gasteiger partial charge in [-0.05, 0) is 30.3 Å². The minimum Gasteiger partial charge on any atom is -0.384 e. The van der Waals surface area contributed by atoms with E-state index in [0.717, 1.165) is 0 Å². The summed E-state index contributed by atoms with van der Waals surface area (Å²) < 4.78 is 27.0. The number of amides is 1. The number of hydrogen-bond donors (Lipinski definition) is 1. The van der Waals surface area contributed by atoms with Crippen LogP contribution in [0.5, 0.6) is 0 Å². The van der Waals surface area contributed by atoms with E-state index in [1.54, 1.807) is 23.1 Å². The first-order valence-corrected chi connectivity index (χ1v) is 8.88. The molecule has 1 heterocycles. The maximum absolute atomic E-state index is 13.8. The number of para-hydroxylation sites is 1. The van der Waals surface area contributed by atoms with Crippen molar-refractivity contribution in [3.63, 3.8) is 0 Å². The summed E-state index contributed by atoms with van der Waals surface area (Å²) in [7, 11) is 0. The van der Waals surface area contributed by atoms with Crippen molar-refractivity contribution in [2.45, 2.75) is 6.42 Å². The van der Waals surface area contributed by atoms with Crippen LogP contribution in [0.25, 0.3) is 0 Å². The van der Waals surface area contributed by atoms with Gasteiger partial charge in [0.15, 0.2) is 0 Å². The van der Waals surface area contributed by atoms with Crippen LogP contribution in [0.15, 0.2) is 42.5 Å². The van der Waals surface area contributed by atoms with Crippen molar-refractivity contribution in [3.8, 4) is 0 Å². The van der Waals surface area contributed by atoms with Crippen molar-refractivity contribution in [1.29, 1.82) is 0 Å². The molecule has 2 aromatic rings. The zero-order valence-corrected chi connectivity index (χ0v) is 15.0. The Morgan fingerprint density at radius 2 is 1.77 bits per heavy atom. The highest BCUT2D eigenvalue weighted by molar-refractivity contribution is 6.31. The van der Waals surface area contributed by atoms with Crippen LogP contribution in [-0.2, 0) is 4.79 Å². The summed E-state index contributed by atoms with van der Waals surface area (Å²) in [4.78, 5) is 16.1. The molecule has 0 bridgehead atoms. The monoisotopic (exact) mass is 379 g/mol. The third-order valence-electron chi connectivity index (χ3n) is 4.41. The zero-order valence-electron chi connectivity index (χ0n) is 14.2. The Bertz CT molecular complexity index is 779. The predicted molar refractivity (Wildman–Crippen MR) is 99.7 cm³/mol. The standard InChI is InChI=1S/C19H20ClF2N3O/c20-15-13-14(5-6-16(15)21)23-8-7-19(26)25-11-9-24(10-12-25)18-4-2-1-3-17(18)22/h1-6,13,23H,7-12H2. The molecule has 4 nitrogen and oxygen atoms in total. The van der Waals surface area contributed by atoms with E-state index in [2.05, 4.69) is 5.32 Å². The fourth-order valence-electron chi connectivity index (χ4n) is 2.98. The second-order valence-electron chi connectivity index (χ2n) is 6.12. The molecule has 0 unspecified atom stereocenters. The Labute approximate surface area is 156 Å². The van der Waals surface area contributed by atoms with E-state index >= 15 is 0 Å². The number of nitrogens with zero attached hydrogens (tertiary/aromatic N) is 2. The van der Waals surface area contributed by atoms with Crippen LogP contribution in [0.3, 0.4) is 0 Å². The third-order valence-corrected chi connectivity index (χ3v) is 4.70.